The predicted octanol–water partition coefficient (Wildman–Crippen LogP) is 2.92. The molecule has 5 atom stereocenters. The number of hydrogen-bond donors (Lipinski definition) is 3. The van der Waals surface area contributed by atoms with Crippen LogP contribution in [-0.4, -0.2) is 81.5 Å². The normalized spacial score (nSPS) is 31.3. The molecule has 3 heterocycles. The molecule has 226 valence electrons. The second-order valence-electron chi connectivity index (χ2n) is 11.6. The number of amides is 3. The molecule has 12 heteroatoms. The summed E-state index contributed by atoms with van der Waals surface area (Å²) in [4.78, 5) is 63.7. The second kappa shape index (κ2) is 13.3. The van der Waals surface area contributed by atoms with Crippen molar-refractivity contribution >= 4 is 30.1 Å². The van der Waals surface area contributed by atoms with Crippen LogP contribution in [0.25, 0.3) is 0 Å². The van der Waals surface area contributed by atoms with Crippen molar-refractivity contribution in [1.82, 2.24) is 20.5 Å². The van der Waals surface area contributed by atoms with Gasteiger partial charge in [0, 0.05) is 30.3 Å². The van der Waals surface area contributed by atoms with Crippen LogP contribution in [0.4, 0.5) is 4.79 Å². The van der Waals surface area contributed by atoms with Crippen LogP contribution in [-0.2, 0) is 24.0 Å². The van der Waals surface area contributed by atoms with E-state index >= 15 is 0 Å². The van der Waals surface area contributed by atoms with Gasteiger partial charge in [-0.3, -0.25) is 14.6 Å². The third-order valence-electron chi connectivity index (χ3n) is 8.59. The largest absolute Gasteiger partial charge is 0.479 e. The molecule has 2 aliphatic carbocycles. The number of carboxylic acids is 1. The van der Waals surface area contributed by atoms with Crippen LogP contribution >= 0.6 is 0 Å². The number of aliphatic carboxylic acids is 1. The number of alkyl carbamates (subject to hydrolysis) is 1. The average molecular weight is 582 g/mol. The number of rotatable bonds is 6. The molecule has 0 bridgehead atoms. The molecule has 4 aliphatic rings. The Labute approximate surface area is 244 Å². The van der Waals surface area contributed by atoms with Crippen LogP contribution in [0.2, 0.25) is 0 Å². The smallest absolute Gasteiger partial charge is 0.408 e. The van der Waals surface area contributed by atoms with Gasteiger partial charge in [-0.05, 0) is 57.4 Å². The Morgan fingerprint density at radius 2 is 1.95 bits per heavy atom. The van der Waals surface area contributed by atoms with E-state index in [-0.39, 0.29) is 31.4 Å². The third kappa shape index (κ3) is 7.08. The molecule has 0 radical (unpaired) electrons. The SMILES string of the molecule is O=C(N[C@H]1CCCCC/C=C\[C@@H]2CC2(C(=O)O)NC(=O)[C@@H]2C[C@@H](O/N=C/c3cccnc3)CN2C1=O)OC1CCCC1. The Hall–Kier alpha value is -3.96. The van der Waals surface area contributed by atoms with Crippen molar-refractivity contribution in [1.29, 1.82) is 0 Å². The minimum Gasteiger partial charge on any atom is -0.479 e. The molecular formula is C30H39N5O7. The average Bonchev–Trinajstić information content (AvgIpc) is 3.27. The number of pyridine rings is 1. The fourth-order valence-electron chi connectivity index (χ4n) is 6.10. The van der Waals surface area contributed by atoms with E-state index in [0.29, 0.717) is 12.8 Å². The minimum absolute atomic E-state index is 0.0561. The van der Waals surface area contributed by atoms with Gasteiger partial charge in [0.2, 0.25) is 11.8 Å². The fourth-order valence-corrected chi connectivity index (χ4v) is 6.10. The second-order valence-corrected chi connectivity index (χ2v) is 11.6. The van der Waals surface area contributed by atoms with Gasteiger partial charge < -0.3 is 30.2 Å². The number of allylic oxidation sites excluding steroid dienone is 1. The summed E-state index contributed by atoms with van der Waals surface area (Å²) in [7, 11) is 0. The van der Waals surface area contributed by atoms with E-state index in [1.165, 1.54) is 11.1 Å². The van der Waals surface area contributed by atoms with Crippen molar-refractivity contribution in [2.24, 2.45) is 11.1 Å². The Bertz CT molecular complexity index is 1200. The van der Waals surface area contributed by atoms with Gasteiger partial charge in [-0.1, -0.05) is 36.2 Å². The highest BCUT2D eigenvalue weighted by atomic mass is 16.6. The molecule has 1 unspecified atom stereocenters. The van der Waals surface area contributed by atoms with E-state index in [0.717, 1.165) is 50.5 Å². The van der Waals surface area contributed by atoms with Crippen molar-refractivity contribution in [2.75, 3.05) is 6.54 Å². The van der Waals surface area contributed by atoms with Gasteiger partial charge in [0.1, 0.15) is 29.8 Å². The molecule has 42 heavy (non-hydrogen) atoms. The van der Waals surface area contributed by atoms with Gasteiger partial charge >= 0.3 is 12.1 Å². The molecule has 0 spiro atoms. The summed E-state index contributed by atoms with van der Waals surface area (Å²) in [6.45, 7) is 0.0561. The number of aromatic nitrogens is 1. The molecule has 1 aromatic heterocycles. The number of nitrogens with one attached hydrogen (secondary N) is 2. The topological polar surface area (TPSA) is 160 Å². The summed E-state index contributed by atoms with van der Waals surface area (Å²) < 4.78 is 5.57. The van der Waals surface area contributed by atoms with E-state index < -0.39 is 47.6 Å². The first kappa shape index (κ1) is 29.5. The number of carboxylic acid groups (broad SMARTS) is 1. The number of carbonyl (C=O) groups excluding carboxylic acids is 3. The maximum Gasteiger partial charge on any atom is 0.408 e. The van der Waals surface area contributed by atoms with Crippen LogP contribution in [0.5, 0.6) is 0 Å². The zero-order valence-corrected chi connectivity index (χ0v) is 23.7. The molecular weight excluding hydrogens is 542 g/mol. The minimum atomic E-state index is -1.40. The number of hydrogen-bond acceptors (Lipinski definition) is 8. The summed E-state index contributed by atoms with van der Waals surface area (Å²) in [6.07, 6.45) is 14.7. The van der Waals surface area contributed by atoms with Crippen LogP contribution in [0.15, 0.2) is 41.8 Å². The molecule has 3 fully saturated rings. The van der Waals surface area contributed by atoms with Crippen LogP contribution < -0.4 is 10.6 Å². The molecule has 2 saturated carbocycles. The number of oxime groups is 1. The van der Waals surface area contributed by atoms with Gasteiger partial charge in [-0.15, -0.1) is 0 Å². The first-order valence-corrected chi connectivity index (χ1v) is 14.9. The Morgan fingerprint density at radius 1 is 1.14 bits per heavy atom. The van der Waals surface area contributed by atoms with Crippen molar-refractivity contribution in [3.05, 3.63) is 42.2 Å². The Balaban J connectivity index is 1.35. The lowest BCUT2D eigenvalue weighted by atomic mass is 10.0. The van der Waals surface area contributed by atoms with Gasteiger partial charge in [-0.25, -0.2) is 9.59 Å². The summed E-state index contributed by atoms with van der Waals surface area (Å²) in [5.74, 6) is -2.41. The maximum absolute atomic E-state index is 14.0. The van der Waals surface area contributed by atoms with Gasteiger partial charge in [0.15, 0.2) is 0 Å². The van der Waals surface area contributed by atoms with Crippen molar-refractivity contribution in [3.63, 3.8) is 0 Å². The van der Waals surface area contributed by atoms with E-state index in [1.807, 2.05) is 18.2 Å². The Morgan fingerprint density at radius 3 is 2.71 bits per heavy atom. The number of fused-ring (bicyclic) bond motifs is 2. The molecule has 3 N–H and O–H groups in total. The zero-order valence-electron chi connectivity index (χ0n) is 23.7. The first-order valence-electron chi connectivity index (χ1n) is 14.9. The zero-order chi connectivity index (χ0) is 29.5. The van der Waals surface area contributed by atoms with E-state index in [4.69, 9.17) is 9.57 Å². The number of carbonyl (C=O) groups is 4. The highest BCUT2D eigenvalue weighted by molar-refractivity contribution is 5.96. The number of nitrogens with zero attached hydrogens (tertiary/aromatic N) is 3. The maximum atomic E-state index is 14.0. The molecule has 5 rings (SSSR count). The van der Waals surface area contributed by atoms with Crippen molar-refractivity contribution < 1.29 is 33.9 Å². The molecule has 12 nitrogen and oxygen atoms in total. The summed E-state index contributed by atoms with van der Waals surface area (Å²) in [6, 6.07) is 1.69. The lowest BCUT2D eigenvalue weighted by Gasteiger charge is -2.29. The first-order chi connectivity index (χ1) is 20.4. The van der Waals surface area contributed by atoms with E-state index in [2.05, 4.69) is 20.8 Å². The molecule has 0 aromatic carbocycles. The van der Waals surface area contributed by atoms with Crippen LogP contribution in [0.1, 0.15) is 76.2 Å². The van der Waals surface area contributed by atoms with Gasteiger partial charge in [-0.2, -0.15) is 0 Å². The molecule has 1 saturated heterocycles. The molecule has 1 aromatic rings. The summed E-state index contributed by atoms with van der Waals surface area (Å²) in [5.41, 5.74) is -0.678. The standard InChI is InChI=1S/C30H39N5O7/c36-26-25-15-23(42-32-18-20-9-8-14-31-17-20)19-35(25)27(37)24(33-29(40)41-22-11-6-7-12-22)13-5-3-1-2-4-10-21-16-30(21,34-26)28(38)39/h4,8-10,14,17-18,21-25H,1-3,5-7,11-13,15-16,19H2,(H,33,40)(H,34,36)(H,38,39)/b10-4-,32-18+/t21-,23-,24+,25+,30?/m1/s1. The summed E-state index contributed by atoms with van der Waals surface area (Å²) in [5, 5.41) is 19.5. The van der Waals surface area contributed by atoms with Crippen molar-refractivity contribution in [2.45, 2.75) is 100 Å². The third-order valence-corrected chi connectivity index (χ3v) is 8.59. The van der Waals surface area contributed by atoms with Crippen LogP contribution in [0, 0.1) is 5.92 Å². The predicted molar refractivity (Wildman–Crippen MR) is 151 cm³/mol. The van der Waals surface area contributed by atoms with Gasteiger partial charge in [0.05, 0.1) is 12.8 Å². The highest BCUT2D eigenvalue weighted by Crippen LogP contribution is 2.45. The van der Waals surface area contributed by atoms with E-state index in [1.54, 1.807) is 18.5 Å². The monoisotopic (exact) mass is 581 g/mol. The molecule has 2 aliphatic heterocycles. The van der Waals surface area contributed by atoms with Crippen LogP contribution in [0.3, 0.4) is 0 Å². The quantitative estimate of drug-likeness (QED) is 0.263. The summed E-state index contributed by atoms with van der Waals surface area (Å²) >= 11 is 0. The molecule has 3 amide bonds. The Kier molecular flexibility index (Phi) is 9.38. The van der Waals surface area contributed by atoms with Crippen molar-refractivity contribution in [3.8, 4) is 0 Å². The highest BCUT2D eigenvalue weighted by Gasteiger charge is 2.61. The van der Waals surface area contributed by atoms with Gasteiger partial charge in [0.25, 0.3) is 0 Å². The lowest BCUT2D eigenvalue weighted by Crippen LogP contribution is -2.56. The number of ether oxygens (including phenoxy) is 1. The van der Waals surface area contributed by atoms with E-state index in [9.17, 15) is 24.3 Å². The lowest BCUT2D eigenvalue weighted by molar-refractivity contribution is -0.145. The fraction of sp³-hybridized carbons (Fsp3) is 0.600.